The molecule has 134 valence electrons. The molecule has 1 atom stereocenters. The predicted molar refractivity (Wildman–Crippen MR) is 87.8 cm³/mol. The van der Waals surface area contributed by atoms with Crippen LogP contribution in [0.1, 0.15) is 65.2 Å². The molecule has 0 fully saturated rings. The zero-order valence-electron chi connectivity index (χ0n) is 13.9. The van der Waals surface area contributed by atoms with Gasteiger partial charge in [0.05, 0.1) is 0 Å². The minimum absolute atomic E-state index is 0.139. The van der Waals surface area contributed by atoms with Gasteiger partial charge in [0, 0.05) is 0 Å². The Kier molecular flexibility index (Phi) is 16.7. The van der Waals surface area contributed by atoms with Crippen molar-refractivity contribution in [3.05, 3.63) is 0 Å². The van der Waals surface area contributed by atoms with Crippen molar-refractivity contribution in [2.24, 2.45) is 0 Å². The van der Waals surface area contributed by atoms with Crippen molar-refractivity contribution in [2.45, 2.75) is 75.8 Å². The van der Waals surface area contributed by atoms with Gasteiger partial charge in [0.2, 0.25) is 0 Å². The van der Waals surface area contributed by atoms with Crippen LogP contribution in [0.2, 0.25) is 4.44 Å². The molecule has 0 aromatic heterocycles. The molecule has 0 aromatic carbocycles. The van der Waals surface area contributed by atoms with E-state index in [9.17, 15) is 13.2 Å². The molecule has 0 N–H and O–H groups in total. The summed E-state index contributed by atoms with van der Waals surface area (Å²) in [6.45, 7) is 5.63. The normalized spacial score (nSPS) is 14.0. The quantitative estimate of drug-likeness (QED) is 0.232. The van der Waals surface area contributed by atoms with Crippen molar-refractivity contribution in [1.29, 1.82) is 0 Å². The fourth-order valence-electron chi connectivity index (χ4n) is 1.89. The number of alkyl halides is 3. The first-order chi connectivity index (χ1) is 10.5. The van der Waals surface area contributed by atoms with E-state index in [0.717, 1.165) is 45.1 Å². The zero-order valence-corrected chi connectivity index (χ0v) is 21.3. The first kappa shape index (κ1) is 23.3. The van der Waals surface area contributed by atoms with Gasteiger partial charge in [-0.2, -0.15) is 0 Å². The van der Waals surface area contributed by atoms with Crippen LogP contribution in [-0.2, 0) is 7.56 Å². The fraction of sp³-hybridized carbons (Fsp3) is 1.00. The van der Waals surface area contributed by atoms with E-state index in [1.165, 1.54) is 0 Å². The second-order valence-electron chi connectivity index (χ2n) is 5.41. The molecule has 1 unspecified atom stereocenters. The van der Waals surface area contributed by atoms with Crippen molar-refractivity contribution in [1.82, 2.24) is 0 Å². The van der Waals surface area contributed by atoms with Gasteiger partial charge in [-0.05, 0) is 0 Å². The molecule has 0 spiro atoms. The second-order valence-corrected chi connectivity index (χ2v) is 19.6. The molecule has 0 amide bonds. The molecule has 3 nitrogen and oxygen atoms in total. The molecule has 0 rings (SSSR count). The number of hydrogen-bond acceptors (Lipinski definition) is 3. The minimum atomic E-state index is -4.07. The van der Waals surface area contributed by atoms with E-state index in [1.807, 2.05) is 0 Å². The van der Waals surface area contributed by atoms with E-state index >= 15 is 0 Å². The molecule has 0 heterocycles. The van der Waals surface area contributed by atoms with Gasteiger partial charge in [0.15, 0.2) is 0 Å². The molecule has 0 aromatic rings. The molecule has 0 bridgehead atoms. The predicted octanol–water partition coefficient (Wildman–Crippen LogP) is 3.98. The zero-order chi connectivity index (χ0) is 16.7. The summed E-state index contributed by atoms with van der Waals surface area (Å²) in [5.74, 6) is 0. The molecule has 0 saturated carbocycles. The van der Waals surface area contributed by atoms with Crippen LogP contribution in [0.15, 0.2) is 0 Å². The second kappa shape index (κ2) is 15.8. The van der Waals surface area contributed by atoms with E-state index in [0.29, 0.717) is 11.0 Å². The van der Waals surface area contributed by atoms with Crippen molar-refractivity contribution >= 4 is 42.6 Å². The van der Waals surface area contributed by atoms with Crippen LogP contribution in [0.4, 0.5) is 13.2 Å². The van der Waals surface area contributed by atoms with E-state index in [2.05, 4.69) is 13.8 Å². The Labute approximate surface area is 151 Å². The summed E-state index contributed by atoms with van der Waals surface area (Å²) in [6.07, 6.45) is 1.86. The van der Waals surface area contributed by atoms with Crippen LogP contribution < -0.4 is 0 Å². The maximum atomic E-state index is 12.2. The van der Waals surface area contributed by atoms with Crippen molar-refractivity contribution < 1.29 is 20.7 Å². The summed E-state index contributed by atoms with van der Waals surface area (Å²) in [5.41, 5.74) is 0. The van der Waals surface area contributed by atoms with Gasteiger partial charge in [0.25, 0.3) is 0 Å². The van der Waals surface area contributed by atoms with Gasteiger partial charge >= 0.3 is 152 Å². The summed E-state index contributed by atoms with van der Waals surface area (Å²) < 4.78 is 54.3. The summed E-state index contributed by atoms with van der Waals surface area (Å²) in [7, 11) is 0. The molecular weight excluding hydrogens is 511 g/mol. The SMILES string of the molecule is CCCCC[O][SnH2][O][SnH]([CH2]CCC(F)(F)F)[O]CCCCC. The molecule has 0 saturated heterocycles. The Morgan fingerprint density at radius 1 is 0.909 bits per heavy atom. The molecule has 0 radical (unpaired) electrons. The number of rotatable bonds is 15. The average Bonchev–Trinajstić information content (AvgIpc) is 2.45. The van der Waals surface area contributed by atoms with E-state index in [1.54, 1.807) is 0 Å². The fourth-order valence-corrected chi connectivity index (χ4v) is 17.3. The topological polar surface area (TPSA) is 27.7 Å². The number of hydrogen-bond donors (Lipinski definition) is 0. The Hall–Kier alpha value is 1.27. The van der Waals surface area contributed by atoms with Crippen LogP contribution >= 0.6 is 0 Å². The van der Waals surface area contributed by atoms with Gasteiger partial charge < -0.3 is 0 Å². The molecular formula is C14H31F3O3Sn2. The van der Waals surface area contributed by atoms with E-state index in [4.69, 9.17) is 7.56 Å². The van der Waals surface area contributed by atoms with Gasteiger partial charge in [-0.1, -0.05) is 0 Å². The molecule has 8 heteroatoms. The van der Waals surface area contributed by atoms with Crippen LogP contribution in [0, 0.1) is 0 Å². The average molecular weight is 542 g/mol. The van der Waals surface area contributed by atoms with Gasteiger partial charge in [0.1, 0.15) is 0 Å². The Balaban J connectivity index is 3.84. The van der Waals surface area contributed by atoms with Crippen LogP contribution in [0.3, 0.4) is 0 Å². The van der Waals surface area contributed by atoms with Crippen molar-refractivity contribution in [2.75, 3.05) is 13.2 Å². The molecule has 0 aliphatic heterocycles. The van der Waals surface area contributed by atoms with Crippen LogP contribution in [-0.4, -0.2) is 61.9 Å². The standard InChI is InChI=1S/2C5H11O.C4H6F3.O.2Sn.3H/c2*1-2-3-4-5-6;1-2-3-4(5,6)7;;;;;;/h2*2-5H2,1H3;1-3H2;;;;;;/q2*-1;;;2*+1;;;. The first-order valence-corrected chi connectivity index (χ1v) is 16.7. The van der Waals surface area contributed by atoms with Gasteiger partial charge in [-0.3, -0.25) is 0 Å². The number of unbranched alkanes of at least 4 members (excludes halogenated alkanes) is 4. The third-order valence-corrected chi connectivity index (χ3v) is 19.9. The van der Waals surface area contributed by atoms with E-state index in [-0.39, 0.29) is 6.42 Å². The third-order valence-electron chi connectivity index (χ3n) is 3.18. The Morgan fingerprint density at radius 2 is 1.55 bits per heavy atom. The van der Waals surface area contributed by atoms with Crippen molar-refractivity contribution in [3.8, 4) is 0 Å². The monoisotopic (exact) mass is 544 g/mol. The van der Waals surface area contributed by atoms with Crippen LogP contribution in [0.5, 0.6) is 0 Å². The van der Waals surface area contributed by atoms with Gasteiger partial charge in [-0.25, -0.2) is 0 Å². The summed E-state index contributed by atoms with van der Waals surface area (Å²) in [4.78, 5) is 0. The summed E-state index contributed by atoms with van der Waals surface area (Å²) >= 11 is -4.41. The van der Waals surface area contributed by atoms with E-state index < -0.39 is 55.2 Å². The molecule has 0 aliphatic carbocycles. The Bertz CT molecular complexity index is 244. The van der Waals surface area contributed by atoms with Gasteiger partial charge in [-0.15, -0.1) is 0 Å². The molecule has 22 heavy (non-hydrogen) atoms. The third kappa shape index (κ3) is 17.6. The van der Waals surface area contributed by atoms with Crippen LogP contribution in [0.25, 0.3) is 0 Å². The Morgan fingerprint density at radius 3 is 2.14 bits per heavy atom. The maximum absolute atomic E-state index is 12.2. The van der Waals surface area contributed by atoms with Crippen molar-refractivity contribution in [3.63, 3.8) is 0 Å². The molecule has 0 aliphatic rings. The summed E-state index contributed by atoms with van der Waals surface area (Å²) in [6, 6.07) is 0. The summed E-state index contributed by atoms with van der Waals surface area (Å²) in [5, 5.41) is 0. The number of halogens is 3. The first-order valence-electron chi connectivity index (χ1n) is 8.37.